The zero-order chi connectivity index (χ0) is 17.6. The summed E-state index contributed by atoms with van der Waals surface area (Å²) >= 11 is 0. The molecular weight excluding hydrogens is 302 g/mol. The second kappa shape index (κ2) is 8.29. The molecule has 0 aliphatic carbocycles. The Morgan fingerprint density at radius 3 is 2.29 bits per heavy atom. The predicted octanol–water partition coefficient (Wildman–Crippen LogP) is 2.10. The minimum absolute atomic E-state index is 0.0254. The summed E-state index contributed by atoms with van der Waals surface area (Å²) < 4.78 is 0. The van der Waals surface area contributed by atoms with E-state index in [1.165, 1.54) is 18.4 Å². The van der Waals surface area contributed by atoms with Crippen molar-refractivity contribution in [1.82, 2.24) is 15.5 Å². The molecule has 5 nitrogen and oxygen atoms in total. The molecule has 1 aliphatic heterocycles. The second-order valence-electron chi connectivity index (χ2n) is 7.41. The molecule has 2 amide bonds. The van der Waals surface area contributed by atoms with Gasteiger partial charge >= 0.3 is 0 Å². The molecule has 1 fully saturated rings. The topological polar surface area (TPSA) is 61.4 Å². The van der Waals surface area contributed by atoms with Crippen LogP contribution in [0.25, 0.3) is 0 Å². The largest absolute Gasteiger partial charge is 0.353 e. The number of nitrogens with one attached hydrogen (secondary N) is 2. The maximum atomic E-state index is 12.1. The van der Waals surface area contributed by atoms with Crippen LogP contribution in [0.15, 0.2) is 30.3 Å². The summed E-state index contributed by atoms with van der Waals surface area (Å²) in [5.41, 5.74) is 0.737. The average molecular weight is 331 g/mol. The van der Waals surface area contributed by atoms with Crippen molar-refractivity contribution >= 4 is 11.8 Å². The molecule has 24 heavy (non-hydrogen) atoms. The molecule has 1 aliphatic rings. The van der Waals surface area contributed by atoms with Gasteiger partial charge < -0.3 is 10.6 Å². The van der Waals surface area contributed by atoms with Gasteiger partial charge in [0.05, 0.1) is 12.6 Å². The van der Waals surface area contributed by atoms with Crippen molar-refractivity contribution in [2.75, 3.05) is 26.2 Å². The highest BCUT2D eigenvalue weighted by Gasteiger charge is 2.24. The Bertz CT molecular complexity index is 545. The molecule has 5 heteroatoms. The molecule has 0 spiro atoms. The van der Waals surface area contributed by atoms with E-state index in [9.17, 15) is 9.59 Å². The van der Waals surface area contributed by atoms with Crippen LogP contribution in [0.5, 0.6) is 0 Å². The molecule has 1 unspecified atom stereocenters. The van der Waals surface area contributed by atoms with Crippen LogP contribution >= 0.6 is 0 Å². The first-order valence-corrected chi connectivity index (χ1v) is 8.72. The minimum Gasteiger partial charge on any atom is -0.353 e. The SMILES string of the molecule is CC(C)(C)C(=O)NCC(=O)NCC(c1ccccc1)N1CCCC1. The quantitative estimate of drug-likeness (QED) is 0.839. The third kappa shape index (κ3) is 5.34. The highest BCUT2D eigenvalue weighted by atomic mass is 16.2. The Morgan fingerprint density at radius 1 is 1.08 bits per heavy atom. The van der Waals surface area contributed by atoms with Gasteiger partial charge in [-0.3, -0.25) is 14.5 Å². The first kappa shape index (κ1) is 18.5. The summed E-state index contributed by atoms with van der Waals surface area (Å²) in [4.78, 5) is 26.3. The monoisotopic (exact) mass is 331 g/mol. The first-order valence-electron chi connectivity index (χ1n) is 8.72. The maximum absolute atomic E-state index is 12.1. The highest BCUT2D eigenvalue weighted by molar-refractivity contribution is 5.87. The van der Waals surface area contributed by atoms with Gasteiger partial charge in [0.2, 0.25) is 11.8 Å². The van der Waals surface area contributed by atoms with Crippen molar-refractivity contribution in [2.24, 2.45) is 5.41 Å². The summed E-state index contributed by atoms with van der Waals surface area (Å²) in [6.07, 6.45) is 2.41. The maximum Gasteiger partial charge on any atom is 0.239 e. The van der Waals surface area contributed by atoms with E-state index in [1.54, 1.807) is 0 Å². The van der Waals surface area contributed by atoms with Gasteiger partial charge in [0.25, 0.3) is 0 Å². The van der Waals surface area contributed by atoms with Gasteiger partial charge in [-0.2, -0.15) is 0 Å². The molecule has 0 radical (unpaired) electrons. The van der Waals surface area contributed by atoms with Crippen molar-refractivity contribution < 1.29 is 9.59 Å². The fourth-order valence-corrected chi connectivity index (χ4v) is 2.88. The normalized spacial score (nSPS) is 16.6. The minimum atomic E-state index is -0.484. The van der Waals surface area contributed by atoms with Gasteiger partial charge in [-0.25, -0.2) is 0 Å². The van der Waals surface area contributed by atoms with Gasteiger partial charge in [-0.15, -0.1) is 0 Å². The van der Waals surface area contributed by atoms with Gasteiger partial charge in [-0.1, -0.05) is 51.1 Å². The van der Waals surface area contributed by atoms with E-state index in [0.717, 1.165) is 13.1 Å². The van der Waals surface area contributed by atoms with E-state index in [-0.39, 0.29) is 24.4 Å². The molecule has 2 N–H and O–H groups in total. The number of hydrogen-bond acceptors (Lipinski definition) is 3. The Morgan fingerprint density at radius 2 is 1.71 bits per heavy atom. The van der Waals surface area contributed by atoms with Crippen molar-refractivity contribution in [1.29, 1.82) is 0 Å². The Kier molecular flexibility index (Phi) is 6.37. The third-order valence-electron chi connectivity index (χ3n) is 4.35. The Labute approximate surface area is 144 Å². The number of carbonyl (C=O) groups is 2. The molecule has 1 aromatic carbocycles. The van der Waals surface area contributed by atoms with Crippen LogP contribution in [0.1, 0.15) is 45.2 Å². The van der Waals surface area contributed by atoms with Crippen LogP contribution in [0.4, 0.5) is 0 Å². The number of benzene rings is 1. The number of nitrogens with zero attached hydrogens (tertiary/aromatic N) is 1. The van der Waals surface area contributed by atoms with E-state index in [1.807, 2.05) is 39.0 Å². The van der Waals surface area contributed by atoms with Crippen molar-refractivity contribution in [3.8, 4) is 0 Å². The van der Waals surface area contributed by atoms with Gasteiger partial charge in [-0.05, 0) is 31.5 Å². The average Bonchev–Trinajstić information content (AvgIpc) is 3.07. The van der Waals surface area contributed by atoms with Crippen molar-refractivity contribution in [3.05, 3.63) is 35.9 Å². The zero-order valence-electron chi connectivity index (χ0n) is 15.0. The summed E-state index contributed by atoms with van der Waals surface area (Å²) in [5.74, 6) is -0.260. The smallest absolute Gasteiger partial charge is 0.239 e. The van der Waals surface area contributed by atoms with Crippen LogP contribution < -0.4 is 10.6 Å². The number of carbonyl (C=O) groups excluding carboxylic acids is 2. The predicted molar refractivity (Wildman–Crippen MR) is 95.5 cm³/mol. The molecule has 1 heterocycles. The van der Waals surface area contributed by atoms with Gasteiger partial charge in [0.15, 0.2) is 0 Å². The van der Waals surface area contributed by atoms with Crippen LogP contribution in [-0.4, -0.2) is 42.9 Å². The van der Waals surface area contributed by atoms with Crippen molar-refractivity contribution in [3.63, 3.8) is 0 Å². The van der Waals surface area contributed by atoms with E-state index in [2.05, 4.69) is 27.7 Å². The lowest BCUT2D eigenvalue weighted by atomic mass is 9.96. The molecule has 1 aromatic rings. The molecule has 2 rings (SSSR count). The molecule has 132 valence electrons. The lowest BCUT2D eigenvalue weighted by Gasteiger charge is -2.28. The Balaban J connectivity index is 1.88. The molecule has 0 bridgehead atoms. The molecule has 1 saturated heterocycles. The van der Waals surface area contributed by atoms with E-state index < -0.39 is 5.41 Å². The molecular formula is C19H29N3O2. The summed E-state index contributed by atoms with van der Waals surface area (Å²) in [6.45, 7) is 8.22. The van der Waals surface area contributed by atoms with Gasteiger partial charge in [0.1, 0.15) is 0 Å². The van der Waals surface area contributed by atoms with Crippen LogP contribution in [-0.2, 0) is 9.59 Å². The highest BCUT2D eigenvalue weighted by Crippen LogP contribution is 2.24. The Hall–Kier alpha value is -1.88. The number of hydrogen-bond donors (Lipinski definition) is 2. The fourth-order valence-electron chi connectivity index (χ4n) is 2.88. The van der Waals surface area contributed by atoms with Crippen LogP contribution in [0.3, 0.4) is 0 Å². The summed E-state index contributed by atoms with van der Waals surface area (Å²) in [7, 11) is 0. The molecule has 0 saturated carbocycles. The zero-order valence-corrected chi connectivity index (χ0v) is 15.0. The van der Waals surface area contributed by atoms with Crippen LogP contribution in [0.2, 0.25) is 0 Å². The molecule has 1 atom stereocenters. The lowest BCUT2D eigenvalue weighted by molar-refractivity contribution is -0.131. The number of amides is 2. The lowest BCUT2D eigenvalue weighted by Crippen LogP contribution is -2.44. The second-order valence-corrected chi connectivity index (χ2v) is 7.41. The first-order chi connectivity index (χ1) is 11.4. The summed E-state index contributed by atoms with van der Waals surface area (Å²) in [6, 6.07) is 10.5. The van der Waals surface area contributed by atoms with E-state index in [0.29, 0.717) is 6.54 Å². The van der Waals surface area contributed by atoms with E-state index >= 15 is 0 Å². The summed E-state index contributed by atoms with van der Waals surface area (Å²) in [5, 5.41) is 5.66. The standard InChI is InChI=1S/C19H29N3O2/c1-19(2,3)18(24)21-14-17(23)20-13-16(22-11-7-8-12-22)15-9-5-4-6-10-15/h4-6,9-10,16H,7-8,11-14H2,1-3H3,(H,20,23)(H,21,24). The van der Waals surface area contributed by atoms with Crippen molar-refractivity contribution in [2.45, 2.75) is 39.7 Å². The third-order valence-corrected chi connectivity index (χ3v) is 4.35. The van der Waals surface area contributed by atoms with E-state index in [4.69, 9.17) is 0 Å². The molecule has 0 aromatic heterocycles. The van der Waals surface area contributed by atoms with Crippen LogP contribution in [0, 0.1) is 5.41 Å². The number of rotatable bonds is 6. The number of likely N-dealkylation sites (tertiary alicyclic amines) is 1. The van der Waals surface area contributed by atoms with Gasteiger partial charge in [0, 0.05) is 12.0 Å². The fraction of sp³-hybridized carbons (Fsp3) is 0.579.